The minimum absolute atomic E-state index is 0.231. The van der Waals surface area contributed by atoms with E-state index in [0.29, 0.717) is 19.6 Å². The number of ether oxygens (including phenoxy) is 1. The Balaban J connectivity index is 1.53. The maximum absolute atomic E-state index is 12.0. The second-order valence-corrected chi connectivity index (χ2v) is 9.70. The molecule has 0 aromatic heterocycles. The second kappa shape index (κ2) is 8.23. The predicted molar refractivity (Wildman–Crippen MR) is 105 cm³/mol. The number of aryl methyl sites for hydroxylation is 1. The Morgan fingerprint density at radius 2 is 1.65 bits per heavy atom. The van der Waals surface area contributed by atoms with Crippen molar-refractivity contribution in [2.75, 3.05) is 18.8 Å². The third kappa shape index (κ3) is 5.08. The van der Waals surface area contributed by atoms with Gasteiger partial charge in [0.15, 0.2) is 9.84 Å². The van der Waals surface area contributed by atoms with Crippen molar-refractivity contribution >= 4 is 9.84 Å². The van der Waals surface area contributed by atoms with Crippen LogP contribution in [-0.4, -0.2) is 37.4 Å². The van der Waals surface area contributed by atoms with Crippen LogP contribution in [0, 0.1) is 6.92 Å². The van der Waals surface area contributed by atoms with Gasteiger partial charge >= 0.3 is 0 Å². The highest BCUT2D eigenvalue weighted by molar-refractivity contribution is 7.92. The Kier molecular flexibility index (Phi) is 5.99. The molecule has 1 aliphatic rings. The first kappa shape index (κ1) is 18.9. The number of rotatable bonds is 5. The molecule has 1 atom stereocenters. The third-order valence-electron chi connectivity index (χ3n) is 5.01. The molecule has 0 bridgehead atoms. The Labute approximate surface area is 156 Å². The SMILES string of the molecule is Cc1ccc(COc2ccc(CN3CCC(C)S(=O)(=O)CC3)cc2)cc1. The molecule has 1 unspecified atom stereocenters. The summed E-state index contributed by atoms with van der Waals surface area (Å²) in [7, 11) is -2.93. The molecule has 140 valence electrons. The highest BCUT2D eigenvalue weighted by atomic mass is 32.2. The van der Waals surface area contributed by atoms with E-state index in [1.54, 1.807) is 0 Å². The monoisotopic (exact) mass is 373 g/mol. The molecule has 1 saturated heterocycles. The van der Waals surface area contributed by atoms with E-state index in [1.807, 2.05) is 19.1 Å². The number of hydrogen-bond donors (Lipinski definition) is 0. The smallest absolute Gasteiger partial charge is 0.154 e. The molecule has 1 heterocycles. The van der Waals surface area contributed by atoms with Gasteiger partial charge in [-0.2, -0.15) is 0 Å². The van der Waals surface area contributed by atoms with Crippen LogP contribution in [0.3, 0.4) is 0 Å². The quantitative estimate of drug-likeness (QED) is 0.804. The van der Waals surface area contributed by atoms with E-state index in [1.165, 1.54) is 11.1 Å². The Morgan fingerprint density at radius 1 is 1.00 bits per heavy atom. The van der Waals surface area contributed by atoms with E-state index in [0.717, 1.165) is 24.4 Å². The standard InChI is InChI=1S/C21H27NO3S/c1-17-3-5-20(6-4-17)16-25-21-9-7-19(8-10-21)15-22-12-11-18(2)26(23,24)14-13-22/h3-10,18H,11-16H2,1-2H3. The molecule has 4 nitrogen and oxygen atoms in total. The molecule has 2 aromatic carbocycles. The zero-order valence-electron chi connectivity index (χ0n) is 15.5. The van der Waals surface area contributed by atoms with Crippen molar-refractivity contribution in [1.82, 2.24) is 4.90 Å². The van der Waals surface area contributed by atoms with Gasteiger partial charge in [-0.1, -0.05) is 42.0 Å². The zero-order chi connectivity index (χ0) is 18.6. The number of benzene rings is 2. The molecule has 1 fully saturated rings. The van der Waals surface area contributed by atoms with Crippen molar-refractivity contribution in [1.29, 1.82) is 0 Å². The van der Waals surface area contributed by atoms with E-state index in [4.69, 9.17) is 4.74 Å². The summed E-state index contributed by atoms with van der Waals surface area (Å²) in [4.78, 5) is 2.23. The van der Waals surface area contributed by atoms with Crippen molar-refractivity contribution in [2.24, 2.45) is 0 Å². The average molecular weight is 374 g/mol. The molecule has 0 amide bonds. The molecule has 0 spiro atoms. The topological polar surface area (TPSA) is 46.6 Å². The predicted octanol–water partition coefficient (Wildman–Crippen LogP) is 3.58. The van der Waals surface area contributed by atoms with Crippen LogP contribution in [0.5, 0.6) is 5.75 Å². The summed E-state index contributed by atoms with van der Waals surface area (Å²) >= 11 is 0. The summed E-state index contributed by atoms with van der Waals surface area (Å²) in [5.41, 5.74) is 3.58. The lowest BCUT2D eigenvalue weighted by Gasteiger charge is -2.19. The maximum atomic E-state index is 12.0. The lowest BCUT2D eigenvalue weighted by molar-refractivity contribution is 0.283. The van der Waals surface area contributed by atoms with Crippen LogP contribution in [0.1, 0.15) is 30.0 Å². The van der Waals surface area contributed by atoms with Gasteiger partial charge < -0.3 is 4.74 Å². The first-order chi connectivity index (χ1) is 12.4. The summed E-state index contributed by atoms with van der Waals surface area (Å²) in [5, 5.41) is -0.231. The average Bonchev–Trinajstić information content (AvgIpc) is 2.76. The highest BCUT2D eigenvalue weighted by Crippen LogP contribution is 2.18. The van der Waals surface area contributed by atoms with Gasteiger partial charge in [0.2, 0.25) is 0 Å². The van der Waals surface area contributed by atoms with Gasteiger partial charge in [0.1, 0.15) is 12.4 Å². The molecular formula is C21H27NO3S. The highest BCUT2D eigenvalue weighted by Gasteiger charge is 2.26. The molecule has 0 N–H and O–H groups in total. The van der Waals surface area contributed by atoms with Gasteiger partial charge in [-0.15, -0.1) is 0 Å². The molecule has 2 aromatic rings. The summed E-state index contributed by atoms with van der Waals surface area (Å²) in [6, 6.07) is 16.4. The van der Waals surface area contributed by atoms with Crippen LogP contribution in [-0.2, 0) is 23.0 Å². The van der Waals surface area contributed by atoms with E-state index in [9.17, 15) is 8.42 Å². The molecule has 1 aliphatic heterocycles. The molecule has 26 heavy (non-hydrogen) atoms. The van der Waals surface area contributed by atoms with E-state index in [-0.39, 0.29) is 11.0 Å². The first-order valence-corrected chi connectivity index (χ1v) is 10.9. The van der Waals surface area contributed by atoms with Gasteiger partial charge in [-0.25, -0.2) is 8.42 Å². The lowest BCUT2D eigenvalue weighted by atomic mass is 10.1. The lowest BCUT2D eigenvalue weighted by Crippen LogP contribution is -2.26. The van der Waals surface area contributed by atoms with Crippen LogP contribution >= 0.6 is 0 Å². The first-order valence-electron chi connectivity index (χ1n) is 9.13. The fourth-order valence-electron chi connectivity index (χ4n) is 3.07. The Bertz CT molecular complexity index is 813. The molecule has 0 aliphatic carbocycles. The van der Waals surface area contributed by atoms with Crippen molar-refractivity contribution in [3.8, 4) is 5.75 Å². The third-order valence-corrected chi connectivity index (χ3v) is 7.23. The normalized spacial score (nSPS) is 20.5. The fraction of sp³-hybridized carbons (Fsp3) is 0.429. The van der Waals surface area contributed by atoms with E-state index in [2.05, 4.69) is 48.2 Å². The van der Waals surface area contributed by atoms with Gasteiger partial charge in [0.25, 0.3) is 0 Å². The van der Waals surface area contributed by atoms with Crippen LogP contribution in [0.4, 0.5) is 0 Å². The second-order valence-electron chi connectivity index (χ2n) is 7.16. The van der Waals surface area contributed by atoms with Crippen molar-refractivity contribution < 1.29 is 13.2 Å². The van der Waals surface area contributed by atoms with Crippen LogP contribution in [0.25, 0.3) is 0 Å². The van der Waals surface area contributed by atoms with Crippen LogP contribution < -0.4 is 4.74 Å². The van der Waals surface area contributed by atoms with Gasteiger partial charge in [0, 0.05) is 13.1 Å². The Hall–Kier alpha value is -1.85. The zero-order valence-corrected chi connectivity index (χ0v) is 16.3. The summed E-state index contributed by atoms with van der Waals surface area (Å²) < 4.78 is 29.9. The maximum Gasteiger partial charge on any atom is 0.154 e. The molecular weight excluding hydrogens is 346 g/mol. The number of sulfone groups is 1. The van der Waals surface area contributed by atoms with Crippen LogP contribution in [0.15, 0.2) is 48.5 Å². The molecule has 0 radical (unpaired) electrons. The molecule has 3 rings (SSSR count). The van der Waals surface area contributed by atoms with Gasteiger partial charge in [0.05, 0.1) is 11.0 Å². The van der Waals surface area contributed by atoms with Crippen LogP contribution in [0.2, 0.25) is 0 Å². The van der Waals surface area contributed by atoms with Gasteiger partial charge in [-0.3, -0.25) is 4.90 Å². The largest absolute Gasteiger partial charge is 0.489 e. The molecule has 5 heteroatoms. The van der Waals surface area contributed by atoms with E-state index >= 15 is 0 Å². The fourth-order valence-corrected chi connectivity index (χ4v) is 4.45. The van der Waals surface area contributed by atoms with Crippen molar-refractivity contribution in [3.05, 3.63) is 65.2 Å². The summed E-state index contributed by atoms with van der Waals surface area (Å²) in [6.45, 7) is 6.66. The Morgan fingerprint density at radius 3 is 2.35 bits per heavy atom. The van der Waals surface area contributed by atoms with E-state index < -0.39 is 9.84 Å². The molecule has 0 saturated carbocycles. The number of nitrogens with zero attached hydrogens (tertiary/aromatic N) is 1. The van der Waals surface area contributed by atoms with Crippen molar-refractivity contribution in [2.45, 2.75) is 38.7 Å². The summed E-state index contributed by atoms with van der Waals surface area (Å²) in [5.74, 6) is 1.10. The minimum Gasteiger partial charge on any atom is -0.489 e. The van der Waals surface area contributed by atoms with Crippen molar-refractivity contribution in [3.63, 3.8) is 0 Å². The van der Waals surface area contributed by atoms with Gasteiger partial charge in [-0.05, 0) is 50.1 Å². The minimum atomic E-state index is -2.93. The summed E-state index contributed by atoms with van der Waals surface area (Å²) in [6.07, 6.45) is 0.708. The number of hydrogen-bond acceptors (Lipinski definition) is 4.